The summed E-state index contributed by atoms with van der Waals surface area (Å²) in [6, 6.07) is 25.3. The first kappa shape index (κ1) is 19.7. The summed E-state index contributed by atoms with van der Waals surface area (Å²) in [6.45, 7) is 9.02. The zero-order valence-corrected chi connectivity index (χ0v) is 18.3. The van der Waals surface area contributed by atoms with Crippen molar-refractivity contribution in [3.63, 3.8) is 0 Å². The van der Waals surface area contributed by atoms with Crippen molar-refractivity contribution < 1.29 is 0 Å². The number of hydrogen-bond acceptors (Lipinski definition) is 0. The van der Waals surface area contributed by atoms with Crippen molar-refractivity contribution in [3.05, 3.63) is 106 Å². The van der Waals surface area contributed by atoms with Crippen molar-refractivity contribution in [1.82, 2.24) is 0 Å². The number of aryl methyl sites for hydroxylation is 3. The minimum atomic E-state index is 0.206. The summed E-state index contributed by atoms with van der Waals surface area (Å²) < 4.78 is 0. The van der Waals surface area contributed by atoms with Gasteiger partial charge in [-0.15, -0.1) is 0 Å². The second-order valence-electron chi connectivity index (χ2n) is 9.38. The topological polar surface area (TPSA) is 0 Å². The molecule has 0 atom stereocenters. The molecule has 3 aromatic carbocycles. The number of hydrogen-bond donors (Lipinski definition) is 0. The summed E-state index contributed by atoms with van der Waals surface area (Å²) >= 11 is 0. The molecule has 0 N–H and O–H groups in total. The van der Waals surface area contributed by atoms with Gasteiger partial charge in [0.15, 0.2) is 0 Å². The second-order valence-corrected chi connectivity index (χ2v) is 9.38. The lowest BCUT2D eigenvalue weighted by Crippen LogP contribution is -2.10. The van der Waals surface area contributed by atoms with Gasteiger partial charge < -0.3 is 0 Å². The van der Waals surface area contributed by atoms with Gasteiger partial charge in [-0.25, -0.2) is 0 Å². The lowest BCUT2D eigenvalue weighted by atomic mass is 9.86. The molecule has 0 radical (unpaired) electrons. The number of allylic oxidation sites excluding steroid dienone is 1. The highest BCUT2D eigenvalue weighted by molar-refractivity contribution is 5.88. The molecule has 0 saturated carbocycles. The molecule has 1 aliphatic rings. The van der Waals surface area contributed by atoms with E-state index >= 15 is 0 Å². The Hall–Kier alpha value is -2.60. The summed E-state index contributed by atoms with van der Waals surface area (Å²) in [4.78, 5) is 0. The van der Waals surface area contributed by atoms with E-state index in [1.807, 2.05) is 0 Å². The Morgan fingerprint density at radius 2 is 1.34 bits per heavy atom. The summed E-state index contributed by atoms with van der Waals surface area (Å²) in [6.07, 6.45) is 6.75. The molecule has 0 nitrogen and oxygen atoms in total. The largest absolute Gasteiger partial charge is 0.0613 e. The van der Waals surface area contributed by atoms with Crippen LogP contribution in [0.1, 0.15) is 66.6 Å². The van der Waals surface area contributed by atoms with Crippen LogP contribution in [0.2, 0.25) is 0 Å². The van der Waals surface area contributed by atoms with Crippen LogP contribution in [-0.2, 0) is 31.1 Å². The van der Waals surface area contributed by atoms with Crippen LogP contribution in [0.25, 0.3) is 11.6 Å². The van der Waals surface area contributed by atoms with Crippen LogP contribution >= 0.6 is 0 Å². The molecule has 0 amide bonds. The normalized spacial score (nSPS) is 13.3. The smallest absolute Gasteiger partial charge is 0.00137 e. The molecule has 0 spiro atoms. The van der Waals surface area contributed by atoms with Crippen molar-refractivity contribution in [2.45, 2.75) is 58.8 Å². The van der Waals surface area contributed by atoms with Crippen LogP contribution < -0.4 is 0 Å². The summed E-state index contributed by atoms with van der Waals surface area (Å²) in [5.74, 6) is 0. The van der Waals surface area contributed by atoms with Crippen LogP contribution in [0.15, 0.2) is 66.7 Å². The molecule has 0 aliphatic heterocycles. The van der Waals surface area contributed by atoms with E-state index in [0.29, 0.717) is 0 Å². The van der Waals surface area contributed by atoms with Crippen molar-refractivity contribution in [2.24, 2.45) is 0 Å². The third-order valence-corrected chi connectivity index (χ3v) is 6.18. The zero-order chi connectivity index (χ0) is 20.4. The average Bonchev–Trinajstić information content (AvgIpc) is 3.15. The second kappa shape index (κ2) is 8.03. The van der Waals surface area contributed by atoms with E-state index in [2.05, 4.69) is 101 Å². The van der Waals surface area contributed by atoms with Gasteiger partial charge in [0.05, 0.1) is 0 Å². The molecule has 0 bridgehead atoms. The first-order chi connectivity index (χ1) is 13.9. The van der Waals surface area contributed by atoms with Gasteiger partial charge in [-0.05, 0) is 75.6 Å². The number of fused-ring (bicyclic) bond motifs is 1. The van der Waals surface area contributed by atoms with E-state index < -0.39 is 0 Å². The maximum atomic E-state index is 2.40. The van der Waals surface area contributed by atoms with Crippen molar-refractivity contribution in [3.8, 4) is 0 Å². The quantitative estimate of drug-likeness (QED) is 0.432. The van der Waals surface area contributed by atoms with Gasteiger partial charge in [-0.1, -0.05) is 101 Å². The standard InChI is InChI=1S/C29H32/c1-5-21-6-8-22(9-7-21)10-11-23-12-13-25-19-27(20-26(25)18-23)24-14-16-28(17-15-24)29(2,3)4/h6-9,12-18,20H,5,10-11,19H2,1-4H3. The van der Waals surface area contributed by atoms with Crippen molar-refractivity contribution in [1.29, 1.82) is 0 Å². The van der Waals surface area contributed by atoms with Crippen LogP contribution in [-0.4, -0.2) is 0 Å². The van der Waals surface area contributed by atoms with Gasteiger partial charge in [-0.2, -0.15) is 0 Å². The number of benzene rings is 3. The third kappa shape index (κ3) is 4.53. The Kier molecular flexibility index (Phi) is 5.46. The van der Waals surface area contributed by atoms with Crippen LogP contribution in [0, 0.1) is 0 Å². The van der Waals surface area contributed by atoms with Crippen LogP contribution in [0.5, 0.6) is 0 Å². The highest BCUT2D eigenvalue weighted by Crippen LogP contribution is 2.33. The van der Waals surface area contributed by atoms with Crippen molar-refractivity contribution in [2.75, 3.05) is 0 Å². The number of rotatable bonds is 5. The average molecular weight is 381 g/mol. The predicted octanol–water partition coefficient (Wildman–Crippen LogP) is 7.43. The Morgan fingerprint density at radius 1 is 0.724 bits per heavy atom. The summed E-state index contributed by atoms with van der Waals surface area (Å²) in [5, 5.41) is 0. The minimum Gasteiger partial charge on any atom is -0.0613 e. The van der Waals surface area contributed by atoms with Gasteiger partial charge in [0.25, 0.3) is 0 Å². The molecule has 0 saturated heterocycles. The van der Waals surface area contributed by atoms with Gasteiger partial charge in [0.1, 0.15) is 0 Å². The maximum Gasteiger partial charge on any atom is -0.00137 e. The molecule has 0 aromatic heterocycles. The molecule has 0 unspecified atom stereocenters. The van der Waals surface area contributed by atoms with Gasteiger partial charge in [0.2, 0.25) is 0 Å². The Labute approximate surface area is 176 Å². The zero-order valence-electron chi connectivity index (χ0n) is 18.3. The Bertz CT molecular complexity index is 1010. The van der Waals surface area contributed by atoms with Crippen molar-refractivity contribution >= 4 is 11.6 Å². The fraction of sp³-hybridized carbons (Fsp3) is 0.310. The van der Waals surface area contributed by atoms with Gasteiger partial charge in [-0.3, -0.25) is 0 Å². The minimum absolute atomic E-state index is 0.206. The molecular weight excluding hydrogens is 348 g/mol. The molecule has 3 aromatic rings. The predicted molar refractivity (Wildman–Crippen MR) is 126 cm³/mol. The van der Waals surface area contributed by atoms with E-state index in [9.17, 15) is 0 Å². The van der Waals surface area contributed by atoms with E-state index in [1.54, 1.807) is 0 Å². The summed E-state index contributed by atoms with van der Waals surface area (Å²) in [7, 11) is 0. The molecule has 1 aliphatic carbocycles. The molecule has 148 valence electrons. The molecule has 4 rings (SSSR count). The first-order valence-electron chi connectivity index (χ1n) is 10.9. The molecular formula is C29H32. The Balaban J connectivity index is 1.46. The highest BCUT2D eigenvalue weighted by Gasteiger charge is 2.17. The van der Waals surface area contributed by atoms with E-state index in [4.69, 9.17) is 0 Å². The van der Waals surface area contributed by atoms with Gasteiger partial charge >= 0.3 is 0 Å². The van der Waals surface area contributed by atoms with Gasteiger partial charge in [0, 0.05) is 0 Å². The van der Waals surface area contributed by atoms with Crippen LogP contribution in [0.4, 0.5) is 0 Å². The van der Waals surface area contributed by atoms with E-state index in [-0.39, 0.29) is 5.41 Å². The summed E-state index contributed by atoms with van der Waals surface area (Å²) in [5.41, 5.74) is 11.5. The third-order valence-electron chi connectivity index (χ3n) is 6.18. The fourth-order valence-corrected chi connectivity index (χ4v) is 4.14. The Morgan fingerprint density at radius 3 is 2.00 bits per heavy atom. The maximum absolute atomic E-state index is 2.40. The fourth-order valence-electron chi connectivity index (χ4n) is 4.14. The van der Waals surface area contributed by atoms with E-state index in [0.717, 1.165) is 25.7 Å². The molecule has 29 heavy (non-hydrogen) atoms. The monoisotopic (exact) mass is 380 g/mol. The lowest BCUT2D eigenvalue weighted by molar-refractivity contribution is 0.590. The highest BCUT2D eigenvalue weighted by atomic mass is 14.2. The first-order valence-corrected chi connectivity index (χ1v) is 10.9. The lowest BCUT2D eigenvalue weighted by Gasteiger charge is -2.19. The molecule has 0 heterocycles. The SMILES string of the molecule is CCc1ccc(CCc2ccc3c(c2)C=C(c2ccc(C(C)(C)C)cc2)C3)cc1. The molecule has 0 heteroatoms. The molecule has 0 fully saturated rings. The van der Waals surface area contributed by atoms with Crippen LogP contribution in [0.3, 0.4) is 0 Å². The van der Waals surface area contributed by atoms with E-state index in [1.165, 1.54) is 44.5 Å².